The predicted octanol–water partition coefficient (Wildman–Crippen LogP) is 4.69. The SMILES string of the molecule is CN(Cc1ccccc1)S(=O)(=O)c1ccc(F)c(C(=O)Nc2ccc(Cl)cc2F)c1. The summed E-state index contributed by atoms with van der Waals surface area (Å²) in [6.07, 6.45) is 0. The van der Waals surface area contributed by atoms with Gasteiger partial charge in [0, 0.05) is 18.6 Å². The van der Waals surface area contributed by atoms with Gasteiger partial charge in [-0.15, -0.1) is 0 Å². The summed E-state index contributed by atoms with van der Waals surface area (Å²) in [5.41, 5.74) is 0.0265. The van der Waals surface area contributed by atoms with Crippen molar-refractivity contribution >= 4 is 33.2 Å². The second-order valence-corrected chi connectivity index (χ2v) is 8.95. The minimum Gasteiger partial charge on any atom is -0.319 e. The molecule has 0 atom stereocenters. The molecule has 0 aliphatic rings. The van der Waals surface area contributed by atoms with E-state index in [-0.39, 0.29) is 22.2 Å². The van der Waals surface area contributed by atoms with E-state index in [1.165, 1.54) is 19.2 Å². The van der Waals surface area contributed by atoms with Crippen molar-refractivity contribution in [1.29, 1.82) is 0 Å². The highest BCUT2D eigenvalue weighted by atomic mass is 35.5. The van der Waals surface area contributed by atoms with Gasteiger partial charge in [0.1, 0.15) is 11.6 Å². The van der Waals surface area contributed by atoms with Crippen molar-refractivity contribution in [3.05, 3.63) is 94.5 Å². The summed E-state index contributed by atoms with van der Waals surface area (Å²) in [4.78, 5) is 12.2. The van der Waals surface area contributed by atoms with Gasteiger partial charge in [-0.1, -0.05) is 41.9 Å². The Bertz CT molecular complexity index is 1190. The maximum absolute atomic E-state index is 14.2. The number of benzene rings is 3. The average Bonchev–Trinajstić information content (AvgIpc) is 2.71. The zero-order valence-corrected chi connectivity index (χ0v) is 17.3. The summed E-state index contributed by atoms with van der Waals surface area (Å²) < 4.78 is 55.0. The van der Waals surface area contributed by atoms with E-state index in [4.69, 9.17) is 11.6 Å². The number of halogens is 3. The van der Waals surface area contributed by atoms with Gasteiger partial charge < -0.3 is 5.32 Å². The molecule has 0 saturated heterocycles. The quantitative estimate of drug-likeness (QED) is 0.592. The van der Waals surface area contributed by atoms with E-state index < -0.39 is 33.1 Å². The average molecular weight is 451 g/mol. The minimum atomic E-state index is -4.00. The molecule has 5 nitrogen and oxygen atoms in total. The van der Waals surface area contributed by atoms with Gasteiger partial charge in [-0.25, -0.2) is 17.2 Å². The fraction of sp³-hybridized carbons (Fsp3) is 0.0952. The molecule has 0 aliphatic carbocycles. The van der Waals surface area contributed by atoms with Crippen LogP contribution in [-0.4, -0.2) is 25.7 Å². The molecule has 0 aliphatic heterocycles. The first-order valence-electron chi connectivity index (χ1n) is 8.74. The molecule has 0 spiro atoms. The molecule has 30 heavy (non-hydrogen) atoms. The Morgan fingerprint density at radius 3 is 2.37 bits per heavy atom. The maximum Gasteiger partial charge on any atom is 0.258 e. The van der Waals surface area contributed by atoms with E-state index in [1.54, 1.807) is 24.3 Å². The van der Waals surface area contributed by atoms with E-state index in [2.05, 4.69) is 5.32 Å². The maximum atomic E-state index is 14.2. The van der Waals surface area contributed by atoms with Gasteiger partial charge in [-0.2, -0.15) is 4.31 Å². The van der Waals surface area contributed by atoms with Crippen LogP contribution < -0.4 is 5.32 Å². The normalized spacial score (nSPS) is 11.5. The number of carbonyl (C=O) groups is 1. The molecule has 9 heteroatoms. The molecule has 0 heterocycles. The van der Waals surface area contributed by atoms with Crippen LogP contribution in [0.25, 0.3) is 0 Å². The molecule has 1 N–H and O–H groups in total. The van der Waals surface area contributed by atoms with Crippen molar-refractivity contribution in [1.82, 2.24) is 4.31 Å². The molecule has 156 valence electrons. The third-order valence-electron chi connectivity index (χ3n) is 4.32. The Hall–Kier alpha value is -2.81. The molecule has 0 saturated carbocycles. The molecule has 3 rings (SSSR count). The lowest BCUT2D eigenvalue weighted by Gasteiger charge is -2.18. The van der Waals surface area contributed by atoms with Crippen molar-refractivity contribution in [2.75, 3.05) is 12.4 Å². The monoisotopic (exact) mass is 450 g/mol. The number of nitrogens with one attached hydrogen (secondary N) is 1. The molecule has 3 aromatic carbocycles. The van der Waals surface area contributed by atoms with Crippen LogP contribution in [0.15, 0.2) is 71.6 Å². The summed E-state index contributed by atoms with van der Waals surface area (Å²) in [5, 5.41) is 2.35. The topological polar surface area (TPSA) is 66.5 Å². The third kappa shape index (κ3) is 4.84. The Labute approximate surface area is 178 Å². The van der Waals surface area contributed by atoms with Gasteiger partial charge in [0.2, 0.25) is 10.0 Å². The summed E-state index contributed by atoms with van der Waals surface area (Å²) in [6, 6.07) is 15.4. The molecule has 0 bridgehead atoms. The third-order valence-corrected chi connectivity index (χ3v) is 6.35. The van der Waals surface area contributed by atoms with Gasteiger partial charge in [-0.05, 0) is 42.0 Å². The Morgan fingerprint density at radius 2 is 1.70 bits per heavy atom. The summed E-state index contributed by atoms with van der Waals surface area (Å²) >= 11 is 5.67. The lowest BCUT2D eigenvalue weighted by molar-refractivity contribution is 0.102. The zero-order valence-electron chi connectivity index (χ0n) is 15.8. The van der Waals surface area contributed by atoms with Gasteiger partial charge in [0.15, 0.2) is 0 Å². The first kappa shape index (κ1) is 21.9. The van der Waals surface area contributed by atoms with E-state index in [9.17, 15) is 22.0 Å². The summed E-state index contributed by atoms with van der Waals surface area (Å²) in [7, 11) is -2.62. The minimum absolute atomic E-state index is 0.0953. The highest BCUT2D eigenvalue weighted by molar-refractivity contribution is 7.89. The number of sulfonamides is 1. The number of carbonyl (C=O) groups excluding carboxylic acids is 1. The number of anilines is 1. The molecule has 0 radical (unpaired) electrons. The zero-order chi connectivity index (χ0) is 21.9. The van der Waals surface area contributed by atoms with Crippen molar-refractivity contribution in [2.45, 2.75) is 11.4 Å². The molecule has 0 unspecified atom stereocenters. The smallest absolute Gasteiger partial charge is 0.258 e. The Kier molecular flexibility index (Phi) is 6.50. The van der Waals surface area contributed by atoms with Crippen LogP contribution in [0.2, 0.25) is 5.02 Å². The van der Waals surface area contributed by atoms with Crippen LogP contribution in [0.5, 0.6) is 0 Å². The van der Waals surface area contributed by atoms with Gasteiger partial charge in [0.25, 0.3) is 5.91 Å². The van der Waals surface area contributed by atoms with Crippen LogP contribution in [0.1, 0.15) is 15.9 Å². The fourth-order valence-electron chi connectivity index (χ4n) is 2.72. The number of rotatable bonds is 6. The van der Waals surface area contributed by atoms with E-state index in [0.29, 0.717) is 0 Å². The van der Waals surface area contributed by atoms with Gasteiger partial charge in [-0.3, -0.25) is 4.79 Å². The first-order chi connectivity index (χ1) is 14.2. The Balaban J connectivity index is 1.87. The number of nitrogens with zero attached hydrogens (tertiary/aromatic N) is 1. The van der Waals surface area contributed by atoms with Crippen LogP contribution in [-0.2, 0) is 16.6 Å². The highest BCUT2D eigenvalue weighted by Gasteiger charge is 2.24. The van der Waals surface area contributed by atoms with Crippen molar-refractivity contribution in [2.24, 2.45) is 0 Å². The van der Waals surface area contributed by atoms with E-state index in [0.717, 1.165) is 34.1 Å². The molecule has 1 amide bonds. The molecular formula is C21H17ClF2N2O3S. The molecule has 0 aromatic heterocycles. The van der Waals surface area contributed by atoms with Crippen LogP contribution in [0, 0.1) is 11.6 Å². The van der Waals surface area contributed by atoms with Crippen LogP contribution in [0.3, 0.4) is 0 Å². The van der Waals surface area contributed by atoms with E-state index in [1.807, 2.05) is 6.07 Å². The molecule has 0 fully saturated rings. The second-order valence-electron chi connectivity index (χ2n) is 6.47. The van der Waals surface area contributed by atoms with Crippen molar-refractivity contribution in [3.8, 4) is 0 Å². The van der Waals surface area contributed by atoms with Crippen LogP contribution in [0.4, 0.5) is 14.5 Å². The highest BCUT2D eigenvalue weighted by Crippen LogP contribution is 2.23. The largest absolute Gasteiger partial charge is 0.319 e. The number of amides is 1. The summed E-state index contributed by atoms with van der Waals surface area (Å²) in [6.45, 7) is 0.0953. The van der Waals surface area contributed by atoms with Crippen LogP contribution >= 0.6 is 11.6 Å². The van der Waals surface area contributed by atoms with Gasteiger partial charge in [0.05, 0.1) is 16.1 Å². The molecular weight excluding hydrogens is 434 g/mol. The van der Waals surface area contributed by atoms with Crippen molar-refractivity contribution in [3.63, 3.8) is 0 Å². The summed E-state index contributed by atoms with van der Waals surface area (Å²) in [5.74, 6) is -2.73. The second kappa shape index (κ2) is 8.91. The predicted molar refractivity (Wildman–Crippen MR) is 111 cm³/mol. The van der Waals surface area contributed by atoms with Gasteiger partial charge >= 0.3 is 0 Å². The Morgan fingerprint density at radius 1 is 1.00 bits per heavy atom. The van der Waals surface area contributed by atoms with Crippen molar-refractivity contribution < 1.29 is 22.0 Å². The number of hydrogen-bond acceptors (Lipinski definition) is 3. The molecule has 3 aromatic rings. The first-order valence-corrected chi connectivity index (χ1v) is 10.6. The van der Waals surface area contributed by atoms with E-state index >= 15 is 0 Å². The lowest BCUT2D eigenvalue weighted by atomic mass is 10.2. The fourth-order valence-corrected chi connectivity index (χ4v) is 4.07. The number of hydrogen-bond donors (Lipinski definition) is 1. The standard InChI is InChI=1S/C21H17ClF2N2O3S/c1-26(13-14-5-3-2-4-6-14)30(28,29)16-8-9-18(23)17(12-16)21(27)25-20-10-7-15(22)11-19(20)24/h2-12H,13H2,1H3,(H,25,27). The lowest BCUT2D eigenvalue weighted by Crippen LogP contribution is -2.27.